The Labute approximate surface area is 112 Å². The van der Waals surface area contributed by atoms with Gasteiger partial charge in [-0.25, -0.2) is 0 Å². The molecule has 0 radical (unpaired) electrons. The molecule has 0 unspecified atom stereocenters. The summed E-state index contributed by atoms with van der Waals surface area (Å²) in [5.41, 5.74) is 0. The lowest BCUT2D eigenvalue weighted by Gasteiger charge is -2.12. The highest BCUT2D eigenvalue weighted by Gasteiger charge is 2.26. The summed E-state index contributed by atoms with van der Waals surface area (Å²) in [7, 11) is 0. The number of carbonyl (C=O) groups is 1. The van der Waals surface area contributed by atoms with Gasteiger partial charge >= 0.3 is 5.82 Å². The normalized spacial score (nSPS) is 12.3. The largest absolute Gasteiger partial charge is 0.372 e. The van der Waals surface area contributed by atoms with Gasteiger partial charge in [0.15, 0.2) is 0 Å². The summed E-state index contributed by atoms with van der Waals surface area (Å²) in [4.78, 5) is 26.8. The van der Waals surface area contributed by atoms with E-state index in [1.54, 1.807) is 25.4 Å². The molecule has 0 aromatic carbocycles. The maximum absolute atomic E-state index is 11.6. The highest BCUT2D eigenvalue weighted by atomic mass is 32.1. The number of nitro groups is 1. The number of imidazole rings is 1. The van der Waals surface area contributed by atoms with Crippen LogP contribution in [0.3, 0.4) is 0 Å². The first-order chi connectivity index (χ1) is 9.04. The fourth-order valence-corrected chi connectivity index (χ4v) is 2.35. The van der Waals surface area contributed by atoms with Gasteiger partial charge in [0.05, 0.1) is 0 Å². The molecule has 2 rings (SSSR count). The van der Waals surface area contributed by atoms with E-state index < -0.39 is 11.0 Å². The third kappa shape index (κ3) is 2.50. The van der Waals surface area contributed by atoms with Gasteiger partial charge in [-0.05, 0) is 18.8 Å². The van der Waals surface area contributed by atoms with Gasteiger partial charge in [-0.3, -0.25) is 4.79 Å². The van der Waals surface area contributed by atoms with Gasteiger partial charge in [0.25, 0.3) is 4.96 Å². The standard InChI is InChI=1S/C10H13N5O3S/c1-3-11-8(16)6(2)12-7-9(15(17)18)14-4-5-19-10(14)13-7/h4-6,12H,3H2,1-2H3,(H,11,16)/t6-/m1/s1. The molecule has 1 amide bonds. The first-order valence-corrected chi connectivity index (χ1v) is 6.56. The average Bonchev–Trinajstić information content (AvgIpc) is 2.88. The van der Waals surface area contributed by atoms with Gasteiger partial charge in [-0.2, -0.15) is 9.38 Å². The quantitative estimate of drug-likeness (QED) is 0.635. The molecule has 19 heavy (non-hydrogen) atoms. The lowest BCUT2D eigenvalue weighted by molar-refractivity contribution is -0.389. The topological polar surface area (TPSA) is 102 Å². The van der Waals surface area contributed by atoms with Gasteiger partial charge in [0, 0.05) is 11.9 Å². The lowest BCUT2D eigenvalue weighted by atomic mass is 10.3. The van der Waals surface area contributed by atoms with Crippen molar-refractivity contribution in [1.82, 2.24) is 14.7 Å². The molecule has 0 fully saturated rings. The minimum absolute atomic E-state index is 0.107. The molecule has 8 nitrogen and oxygen atoms in total. The van der Waals surface area contributed by atoms with Crippen LogP contribution in [0.4, 0.5) is 11.6 Å². The van der Waals surface area contributed by atoms with E-state index in [9.17, 15) is 14.9 Å². The number of amides is 1. The molecule has 2 aromatic heterocycles. The van der Waals surface area contributed by atoms with E-state index in [0.717, 1.165) is 0 Å². The second kappa shape index (κ2) is 5.22. The van der Waals surface area contributed by atoms with Crippen LogP contribution in [0.15, 0.2) is 11.6 Å². The van der Waals surface area contributed by atoms with Gasteiger partial charge in [-0.1, -0.05) is 11.3 Å². The Balaban J connectivity index is 2.29. The maximum Gasteiger partial charge on any atom is 0.372 e. The summed E-state index contributed by atoms with van der Waals surface area (Å²) >= 11 is 1.29. The summed E-state index contributed by atoms with van der Waals surface area (Å²) in [5.74, 6) is -0.281. The Kier molecular flexibility index (Phi) is 3.65. The molecule has 2 heterocycles. The SMILES string of the molecule is CCNC(=O)[C@@H](C)Nc1nc2sccn2c1[N+](=O)[O-]. The van der Waals surface area contributed by atoms with Crippen molar-refractivity contribution in [2.24, 2.45) is 0 Å². The highest BCUT2D eigenvalue weighted by molar-refractivity contribution is 7.15. The molecule has 0 saturated heterocycles. The summed E-state index contributed by atoms with van der Waals surface area (Å²) in [6, 6.07) is -0.594. The van der Waals surface area contributed by atoms with E-state index in [1.807, 2.05) is 0 Å². The van der Waals surface area contributed by atoms with Crippen molar-refractivity contribution >= 4 is 33.8 Å². The molecule has 0 aliphatic rings. The van der Waals surface area contributed by atoms with E-state index in [1.165, 1.54) is 15.7 Å². The number of hydrogen-bond acceptors (Lipinski definition) is 6. The number of nitrogens with one attached hydrogen (secondary N) is 2. The number of fused-ring (bicyclic) bond motifs is 1. The van der Waals surface area contributed by atoms with Crippen LogP contribution in [-0.4, -0.2) is 32.8 Å². The number of rotatable bonds is 5. The first-order valence-electron chi connectivity index (χ1n) is 5.68. The van der Waals surface area contributed by atoms with Crippen LogP contribution in [0.2, 0.25) is 0 Å². The molecule has 2 N–H and O–H groups in total. The number of aromatic nitrogens is 2. The summed E-state index contributed by atoms with van der Waals surface area (Å²) in [6.07, 6.45) is 1.58. The van der Waals surface area contributed by atoms with Crippen molar-refractivity contribution in [2.45, 2.75) is 19.9 Å². The van der Waals surface area contributed by atoms with Crippen LogP contribution in [0.1, 0.15) is 13.8 Å². The van der Waals surface area contributed by atoms with Crippen LogP contribution in [0, 0.1) is 10.1 Å². The smallest absolute Gasteiger partial charge is 0.358 e. The third-order valence-electron chi connectivity index (χ3n) is 2.51. The van der Waals surface area contributed by atoms with Gasteiger partial charge in [0.1, 0.15) is 12.2 Å². The number of nitrogens with zero attached hydrogens (tertiary/aromatic N) is 3. The molecule has 9 heteroatoms. The summed E-state index contributed by atoms with van der Waals surface area (Å²) < 4.78 is 1.39. The zero-order valence-electron chi connectivity index (χ0n) is 10.4. The van der Waals surface area contributed by atoms with E-state index in [0.29, 0.717) is 11.5 Å². The van der Waals surface area contributed by atoms with Crippen molar-refractivity contribution < 1.29 is 9.72 Å². The number of carbonyl (C=O) groups excluding carboxylic acids is 1. The Bertz CT molecular complexity index is 620. The van der Waals surface area contributed by atoms with Crippen LogP contribution < -0.4 is 10.6 Å². The Morgan fingerprint density at radius 2 is 2.42 bits per heavy atom. The molecule has 1 atom stereocenters. The molecule has 2 aromatic rings. The average molecular weight is 283 g/mol. The van der Waals surface area contributed by atoms with Crippen LogP contribution >= 0.6 is 11.3 Å². The molecule has 0 spiro atoms. The number of likely N-dealkylation sites (N-methyl/N-ethyl adjacent to an activating group) is 1. The lowest BCUT2D eigenvalue weighted by Crippen LogP contribution is -2.37. The Morgan fingerprint density at radius 3 is 3.05 bits per heavy atom. The first kappa shape index (κ1) is 13.3. The Hall–Kier alpha value is -2.16. The third-order valence-corrected chi connectivity index (χ3v) is 3.26. The molecule has 0 aliphatic heterocycles. The van der Waals surface area contributed by atoms with E-state index in [2.05, 4.69) is 15.6 Å². The molecule has 0 bridgehead atoms. The summed E-state index contributed by atoms with van der Waals surface area (Å²) in [6.45, 7) is 3.94. The predicted molar refractivity (Wildman–Crippen MR) is 71.5 cm³/mol. The number of hydrogen-bond donors (Lipinski definition) is 2. The van der Waals surface area contributed by atoms with Crippen molar-refractivity contribution in [3.05, 3.63) is 21.7 Å². The van der Waals surface area contributed by atoms with E-state index in [4.69, 9.17) is 0 Å². The fraction of sp³-hybridized carbons (Fsp3) is 0.400. The number of thiazole rings is 1. The molecular weight excluding hydrogens is 270 g/mol. The second-order valence-electron chi connectivity index (χ2n) is 3.86. The van der Waals surface area contributed by atoms with Crippen LogP contribution in [0.5, 0.6) is 0 Å². The predicted octanol–water partition coefficient (Wildman–Crippen LogP) is 1.24. The maximum atomic E-state index is 11.6. The zero-order valence-corrected chi connectivity index (χ0v) is 11.2. The molecule has 0 aliphatic carbocycles. The van der Waals surface area contributed by atoms with Gasteiger partial charge < -0.3 is 20.7 Å². The van der Waals surface area contributed by atoms with Gasteiger partial charge in [0.2, 0.25) is 11.7 Å². The zero-order chi connectivity index (χ0) is 14.0. The molecular formula is C10H13N5O3S. The van der Waals surface area contributed by atoms with Crippen molar-refractivity contribution in [1.29, 1.82) is 0 Å². The fourth-order valence-electron chi connectivity index (χ4n) is 1.64. The van der Waals surface area contributed by atoms with Gasteiger partial charge in [-0.15, -0.1) is 0 Å². The van der Waals surface area contributed by atoms with Crippen molar-refractivity contribution in [3.8, 4) is 0 Å². The van der Waals surface area contributed by atoms with E-state index >= 15 is 0 Å². The summed E-state index contributed by atoms with van der Waals surface area (Å²) in [5, 5.41) is 18.2. The molecule has 102 valence electrons. The van der Waals surface area contributed by atoms with Crippen LogP contribution in [0.25, 0.3) is 4.96 Å². The minimum Gasteiger partial charge on any atom is -0.358 e. The molecule has 0 saturated carbocycles. The highest BCUT2D eigenvalue weighted by Crippen LogP contribution is 2.28. The van der Waals surface area contributed by atoms with Crippen molar-refractivity contribution in [3.63, 3.8) is 0 Å². The monoisotopic (exact) mass is 283 g/mol. The van der Waals surface area contributed by atoms with E-state index in [-0.39, 0.29) is 17.5 Å². The van der Waals surface area contributed by atoms with Crippen molar-refractivity contribution in [2.75, 3.05) is 11.9 Å². The minimum atomic E-state index is -0.594. The number of anilines is 1. The Morgan fingerprint density at radius 1 is 1.68 bits per heavy atom. The second-order valence-corrected chi connectivity index (χ2v) is 4.73. The van der Waals surface area contributed by atoms with Crippen LogP contribution in [-0.2, 0) is 4.79 Å².